The number of amides is 1. The molecule has 1 aliphatic rings. The van der Waals surface area contributed by atoms with Crippen LogP contribution in [0.4, 0.5) is 5.69 Å². The van der Waals surface area contributed by atoms with E-state index in [2.05, 4.69) is 54.0 Å². The molecule has 0 bridgehead atoms. The zero-order chi connectivity index (χ0) is 23.1. The maximum atomic E-state index is 12.7. The fraction of sp³-hybridized carbons (Fsp3) is 0.444. The molecule has 2 aromatic carbocycles. The highest BCUT2D eigenvalue weighted by Gasteiger charge is 2.26. The molecule has 5 nitrogen and oxygen atoms in total. The Morgan fingerprint density at radius 1 is 1.00 bits per heavy atom. The van der Waals surface area contributed by atoms with Gasteiger partial charge in [0.25, 0.3) is 5.91 Å². The van der Waals surface area contributed by atoms with E-state index in [0.717, 1.165) is 57.1 Å². The van der Waals surface area contributed by atoms with E-state index in [1.165, 1.54) is 16.7 Å². The topological polar surface area (TPSA) is 52.8 Å². The number of hydrogen-bond acceptors (Lipinski definition) is 4. The van der Waals surface area contributed by atoms with Crippen LogP contribution in [0.3, 0.4) is 0 Å². The summed E-state index contributed by atoms with van der Waals surface area (Å²) in [5.74, 6) is 0.0925. The van der Waals surface area contributed by atoms with Gasteiger partial charge in [0.2, 0.25) is 0 Å². The lowest BCUT2D eigenvalue weighted by Gasteiger charge is -2.39. The quantitative estimate of drug-likeness (QED) is 0.493. The number of benzene rings is 2. The fourth-order valence-corrected chi connectivity index (χ4v) is 4.36. The lowest BCUT2D eigenvalue weighted by atomic mass is 9.95. The van der Waals surface area contributed by atoms with Crippen molar-refractivity contribution >= 4 is 11.6 Å². The molecule has 0 saturated carbocycles. The first kappa shape index (κ1) is 24.0. The molecule has 32 heavy (non-hydrogen) atoms. The minimum absolute atomic E-state index is 0.0925. The van der Waals surface area contributed by atoms with Gasteiger partial charge in [-0.2, -0.15) is 0 Å². The molecule has 0 spiro atoms. The number of piperazine rings is 1. The summed E-state index contributed by atoms with van der Waals surface area (Å²) in [7, 11) is 0. The SMILES string of the molecule is CCN(CC)C(=O)c1ccc([C@H](c2cccc(N)c2)N2CCN(CC=C(C)C)CC2)cc1. The Hall–Kier alpha value is -2.63. The van der Waals surface area contributed by atoms with Crippen molar-refractivity contribution in [1.29, 1.82) is 0 Å². The van der Waals surface area contributed by atoms with Crippen molar-refractivity contribution in [3.05, 3.63) is 76.9 Å². The summed E-state index contributed by atoms with van der Waals surface area (Å²) in [5.41, 5.74) is 11.4. The van der Waals surface area contributed by atoms with Crippen molar-refractivity contribution in [1.82, 2.24) is 14.7 Å². The molecule has 172 valence electrons. The molecule has 1 saturated heterocycles. The van der Waals surface area contributed by atoms with Crippen molar-refractivity contribution in [2.45, 2.75) is 33.7 Å². The summed E-state index contributed by atoms with van der Waals surface area (Å²) in [6.45, 7) is 14.9. The van der Waals surface area contributed by atoms with Crippen molar-refractivity contribution in [2.24, 2.45) is 0 Å². The second-order valence-electron chi connectivity index (χ2n) is 8.79. The lowest BCUT2D eigenvalue weighted by molar-refractivity contribution is 0.0773. The normalized spacial score (nSPS) is 15.9. The van der Waals surface area contributed by atoms with Gasteiger partial charge in [0.1, 0.15) is 0 Å². The van der Waals surface area contributed by atoms with E-state index in [1.807, 2.05) is 43.0 Å². The summed E-state index contributed by atoms with van der Waals surface area (Å²) in [6.07, 6.45) is 2.30. The van der Waals surface area contributed by atoms with E-state index < -0.39 is 0 Å². The first-order valence-corrected chi connectivity index (χ1v) is 11.8. The molecule has 1 amide bonds. The molecule has 3 rings (SSSR count). The zero-order valence-electron chi connectivity index (χ0n) is 20.1. The van der Waals surface area contributed by atoms with Crippen LogP contribution in [0.5, 0.6) is 0 Å². The van der Waals surface area contributed by atoms with Crippen molar-refractivity contribution in [3.8, 4) is 0 Å². The number of nitrogens with zero attached hydrogens (tertiary/aromatic N) is 3. The van der Waals surface area contributed by atoms with Crippen LogP contribution in [-0.2, 0) is 0 Å². The van der Waals surface area contributed by atoms with E-state index in [1.54, 1.807) is 0 Å². The Morgan fingerprint density at radius 3 is 2.22 bits per heavy atom. The van der Waals surface area contributed by atoms with Crippen LogP contribution in [0.2, 0.25) is 0 Å². The first-order chi connectivity index (χ1) is 15.4. The third-order valence-corrected chi connectivity index (χ3v) is 6.28. The largest absolute Gasteiger partial charge is 0.399 e. The van der Waals surface area contributed by atoms with E-state index in [-0.39, 0.29) is 11.9 Å². The van der Waals surface area contributed by atoms with Gasteiger partial charge in [-0.25, -0.2) is 0 Å². The molecule has 0 aromatic heterocycles. The van der Waals surface area contributed by atoms with Gasteiger partial charge in [0.05, 0.1) is 6.04 Å². The average Bonchev–Trinajstić information content (AvgIpc) is 2.80. The summed E-state index contributed by atoms with van der Waals surface area (Å²) < 4.78 is 0. The van der Waals surface area contributed by atoms with Gasteiger partial charge in [-0.1, -0.05) is 35.9 Å². The van der Waals surface area contributed by atoms with Crippen LogP contribution in [0.25, 0.3) is 0 Å². The highest BCUT2D eigenvalue weighted by atomic mass is 16.2. The predicted octanol–water partition coefficient (Wildman–Crippen LogP) is 4.42. The number of rotatable bonds is 8. The predicted molar refractivity (Wildman–Crippen MR) is 134 cm³/mol. The Morgan fingerprint density at radius 2 is 1.66 bits per heavy atom. The molecular formula is C27H38N4O. The Balaban J connectivity index is 1.83. The number of anilines is 1. The zero-order valence-corrected chi connectivity index (χ0v) is 20.1. The van der Waals surface area contributed by atoms with Gasteiger partial charge < -0.3 is 10.6 Å². The molecule has 0 unspecified atom stereocenters. The van der Waals surface area contributed by atoms with Gasteiger partial charge in [-0.3, -0.25) is 14.6 Å². The smallest absolute Gasteiger partial charge is 0.253 e. The summed E-state index contributed by atoms with van der Waals surface area (Å²) >= 11 is 0. The maximum absolute atomic E-state index is 12.7. The van der Waals surface area contributed by atoms with Crippen LogP contribution in [-0.4, -0.2) is 66.4 Å². The second-order valence-corrected chi connectivity index (χ2v) is 8.79. The molecular weight excluding hydrogens is 396 g/mol. The van der Waals surface area contributed by atoms with Crippen LogP contribution < -0.4 is 5.73 Å². The molecule has 0 aliphatic carbocycles. The number of allylic oxidation sites excluding steroid dienone is 1. The van der Waals surface area contributed by atoms with E-state index in [9.17, 15) is 4.79 Å². The monoisotopic (exact) mass is 434 g/mol. The van der Waals surface area contributed by atoms with Crippen LogP contribution in [0, 0.1) is 0 Å². The van der Waals surface area contributed by atoms with Crippen LogP contribution in [0.15, 0.2) is 60.2 Å². The number of carbonyl (C=O) groups excluding carboxylic acids is 1. The van der Waals surface area contributed by atoms with Gasteiger partial charge in [0.15, 0.2) is 0 Å². The minimum Gasteiger partial charge on any atom is -0.399 e. The maximum Gasteiger partial charge on any atom is 0.253 e. The van der Waals surface area contributed by atoms with Crippen molar-refractivity contribution in [2.75, 3.05) is 51.5 Å². The van der Waals surface area contributed by atoms with Crippen LogP contribution in [0.1, 0.15) is 55.2 Å². The Labute approximate surface area is 193 Å². The molecule has 0 radical (unpaired) electrons. The standard InChI is InChI=1S/C27H38N4O/c1-5-30(6-2)27(32)23-12-10-22(11-13-23)26(24-8-7-9-25(28)20-24)31-18-16-29(17-19-31)15-14-21(3)4/h7-14,20,26H,5-6,15-19,28H2,1-4H3/t26-/m1/s1. The average molecular weight is 435 g/mol. The highest BCUT2D eigenvalue weighted by Crippen LogP contribution is 2.31. The summed E-state index contributed by atoms with van der Waals surface area (Å²) in [6, 6.07) is 16.5. The number of nitrogens with two attached hydrogens (primary N) is 1. The van der Waals surface area contributed by atoms with Crippen molar-refractivity contribution < 1.29 is 4.79 Å². The Kier molecular flexibility index (Phi) is 8.48. The van der Waals surface area contributed by atoms with E-state index in [0.29, 0.717) is 0 Å². The minimum atomic E-state index is 0.0925. The highest BCUT2D eigenvalue weighted by molar-refractivity contribution is 5.94. The molecule has 2 N–H and O–H groups in total. The molecule has 1 aliphatic heterocycles. The lowest BCUT2D eigenvalue weighted by Crippen LogP contribution is -2.47. The third kappa shape index (κ3) is 5.99. The van der Waals surface area contributed by atoms with Crippen LogP contribution >= 0.6 is 0 Å². The van der Waals surface area contributed by atoms with E-state index >= 15 is 0 Å². The van der Waals surface area contributed by atoms with E-state index in [4.69, 9.17) is 5.73 Å². The molecule has 1 atom stereocenters. The van der Waals surface area contributed by atoms with Gasteiger partial charge >= 0.3 is 0 Å². The number of carbonyl (C=O) groups is 1. The summed E-state index contributed by atoms with van der Waals surface area (Å²) in [5, 5.41) is 0. The molecule has 1 fully saturated rings. The first-order valence-electron chi connectivity index (χ1n) is 11.8. The van der Waals surface area contributed by atoms with Crippen molar-refractivity contribution in [3.63, 3.8) is 0 Å². The third-order valence-electron chi connectivity index (χ3n) is 6.28. The molecule has 5 heteroatoms. The second kappa shape index (κ2) is 11.3. The van der Waals surface area contributed by atoms with Gasteiger partial charge in [-0.05, 0) is 63.1 Å². The number of hydrogen-bond donors (Lipinski definition) is 1. The summed E-state index contributed by atoms with van der Waals surface area (Å²) in [4.78, 5) is 19.6. The van der Waals surface area contributed by atoms with Gasteiger partial charge in [0, 0.05) is 57.1 Å². The Bertz CT molecular complexity index is 906. The molecule has 2 aromatic rings. The van der Waals surface area contributed by atoms with Gasteiger partial charge in [-0.15, -0.1) is 0 Å². The fourth-order valence-electron chi connectivity index (χ4n) is 4.36. The number of nitrogen functional groups attached to an aromatic ring is 1. The molecule has 1 heterocycles.